The zero-order valence-corrected chi connectivity index (χ0v) is 15.5. The summed E-state index contributed by atoms with van der Waals surface area (Å²) in [6.45, 7) is 1.41. The van der Waals surface area contributed by atoms with Crippen LogP contribution in [0.15, 0.2) is 41.8 Å². The highest BCUT2D eigenvalue weighted by molar-refractivity contribution is 5.99. The van der Waals surface area contributed by atoms with E-state index >= 15 is 0 Å². The van der Waals surface area contributed by atoms with Crippen molar-refractivity contribution in [2.45, 2.75) is 31.5 Å². The van der Waals surface area contributed by atoms with Crippen molar-refractivity contribution >= 4 is 28.6 Å². The third-order valence-corrected chi connectivity index (χ3v) is 4.75. The molecule has 6 N–H and O–H groups in total. The zero-order valence-electron chi connectivity index (χ0n) is 15.5. The molecule has 0 spiro atoms. The lowest BCUT2D eigenvalue weighted by molar-refractivity contribution is -0.0511. The van der Waals surface area contributed by atoms with Gasteiger partial charge >= 0.3 is 0 Å². The summed E-state index contributed by atoms with van der Waals surface area (Å²) >= 11 is 0. The van der Waals surface area contributed by atoms with Gasteiger partial charge in [-0.05, 0) is 12.5 Å². The van der Waals surface area contributed by atoms with E-state index in [2.05, 4.69) is 25.5 Å². The van der Waals surface area contributed by atoms with Gasteiger partial charge in [-0.2, -0.15) is 15.1 Å². The number of nitrogens with zero attached hydrogens (tertiary/aromatic N) is 5. The molecule has 1 aliphatic rings. The van der Waals surface area contributed by atoms with Crippen LogP contribution in [0.3, 0.4) is 0 Å². The number of aliphatic hydroxyl groups excluding tert-OH is 3. The van der Waals surface area contributed by atoms with Crippen molar-refractivity contribution in [1.29, 1.82) is 0 Å². The second-order valence-electron chi connectivity index (χ2n) is 6.66. The smallest absolute Gasteiger partial charge is 0.247 e. The van der Waals surface area contributed by atoms with Gasteiger partial charge in [0.05, 0.1) is 18.6 Å². The topological polar surface area (TPSA) is 164 Å². The number of hydrogen-bond donors (Lipinski definition) is 5. The van der Waals surface area contributed by atoms with Gasteiger partial charge in [-0.1, -0.05) is 30.3 Å². The fraction of sp³-hybridized carbons (Fsp3) is 0.333. The first-order chi connectivity index (χ1) is 14.0. The number of aromatic nitrogens is 4. The van der Waals surface area contributed by atoms with E-state index in [-0.39, 0.29) is 11.8 Å². The van der Waals surface area contributed by atoms with Gasteiger partial charge in [0.1, 0.15) is 23.8 Å². The van der Waals surface area contributed by atoms with Gasteiger partial charge in [-0.25, -0.2) is 10.4 Å². The fourth-order valence-electron chi connectivity index (χ4n) is 3.16. The number of anilines is 2. The lowest BCUT2D eigenvalue weighted by Gasteiger charge is -2.16. The summed E-state index contributed by atoms with van der Waals surface area (Å²) in [4.78, 5) is 12.7. The van der Waals surface area contributed by atoms with Crippen LogP contribution in [0.25, 0.3) is 11.2 Å². The van der Waals surface area contributed by atoms with E-state index in [0.717, 1.165) is 11.3 Å². The van der Waals surface area contributed by atoms with E-state index < -0.39 is 31.1 Å². The van der Waals surface area contributed by atoms with Crippen LogP contribution < -0.4 is 11.2 Å². The Kier molecular flexibility index (Phi) is 5.11. The van der Waals surface area contributed by atoms with Crippen molar-refractivity contribution in [1.82, 2.24) is 19.5 Å². The monoisotopic (exact) mass is 399 g/mol. The number of rotatable bonds is 5. The first-order valence-electron chi connectivity index (χ1n) is 8.98. The van der Waals surface area contributed by atoms with E-state index in [0.29, 0.717) is 11.2 Å². The third kappa shape index (κ3) is 3.51. The molecule has 11 nitrogen and oxygen atoms in total. The molecule has 4 atom stereocenters. The van der Waals surface area contributed by atoms with Crippen molar-refractivity contribution in [3.8, 4) is 0 Å². The molecule has 152 valence electrons. The minimum Gasteiger partial charge on any atom is -0.394 e. The summed E-state index contributed by atoms with van der Waals surface area (Å²) in [6, 6.07) is 9.59. The minimum absolute atomic E-state index is 0.121. The fourth-order valence-corrected chi connectivity index (χ4v) is 3.16. The van der Waals surface area contributed by atoms with Crippen LogP contribution in [0, 0.1) is 0 Å². The Morgan fingerprint density at radius 3 is 2.69 bits per heavy atom. The first kappa shape index (κ1) is 19.2. The van der Waals surface area contributed by atoms with Crippen molar-refractivity contribution in [3.05, 3.63) is 42.2 Å². The predicted molar refractivity (Wildman–Crippen MR) is 105 cm³/mol. The van der Waals surface area contributed by atoms with E-state index in [1.54, 1.807) is 0 Å². The number of aliphatic hydroxyl groups is 3. The Morgan fingerprint density at radius 1 is 1.24 bits per heavy atom. The maximum atomic E-state index is 10.3. The minimum atomic E-state index is -1.27. The molecule has 2 aromatic heterocycles. The number of nitrogens with two attached hydrogens (primary N) is 1. The summed E-state index contributed by atoms with van der Waals surface area (Å²) in [5, 5.41) is 33.9. The SMILES string of the molecule is CC(=NNc1nc(N)c2ncn([C@@H]3O[C@H](CO)[C@@H](O)[C@H]3O)c2n1)c1ccccc1. The van der Waals surface area contributed by atoms with Crippen molar-refractivity contribution in [2.24, 2.45) is 5.10 Å². The molecule has 3 heterocycles. The predicted octanol–water partition coefficient (Wildman–Crippen LogP) is -0.144. The van der Waals surface area contributed by atoms with Gasteiger partial charge in [0.2, 0.25) is 5.95 Å². The molecule has 0 aliphatic carbocycles. The van der Waals surface area contributed by atoms with Crippen LogP contribution in [0.4, 0.5) is 11.8 Å². The molecule has 1 aromatic carbocycles. The molecule has 0 saturated carbocycles. The maximum Gasteiger partial charge on any atom is 0.247 e. The average molecular weight is 399 g/mol. The lowest BCUT2D eigenvalue weighted by atomic mass is 10.1. The molecule has 29 heavy (non-hydrogen) atoms. The van der Waals surface area contributed by atoms with Crippen LogP contribution in [0.2, 0.25) is 0 Å². The third-order valence-electron chi connectivity index (χ3n) is 4.75. The zero-order chi connectivity index (χ0) is 20.5. The van der Waals surface area contributed by atoms with Gasteiger partial charge in [0.25, 0.3) is 0 Å². The second-order valence-corrected chi connectivity index (χ2v) is 6.66. The Labute approximate surface area is 165 Å². The highest BCUT2D eigenvalue weighted by atomic mass is 16.6. The highest BCUT2D eigenvalue weighted by Crippen LogP contribution is 2.32. The van der Waals surface area contributed by atoms with Crippen molar-refractivity contribution in [3.63, 3.8) is 0 Å². The Hall–Kier alpha value is -3.12. The summed E-state index contributed by atoms with van der Waals surface area (Å²) in [5.41, 5.74) is 11.0. The first-order valence-corrected chi connectivity index (χ1v) is 8.98. The number of benzene rings is 1. The highest BCUT2D eigenvalue weighted by Gasteiger charge is 2.44. The quantitative estimate of drug-likeness (QED) is 0.290. The van der Waals surface area contributed by atoms with Crippen LogP contribution in [0.5, 0.6) is 0 Å². The van der Waals surface area contributed by atoms with Crippen LogP contribution in [-0.4, -0.2) is 65.5 Å². The molecule has 1 saturated heterocycles. The van der Waals surface area contributed by atoms with Crippen LogP contribution in [-0.2, 0) is 4.74 Å². The molecule has 4 rings (SSSR count). The Balaban J connectivity index is 1.65. The largest absolute Gasteiger partial charge is 0.394 e. The van der Waals surface area contributed by atoms with Crippen LogP contribution >= 0.6 is 0 Å². The number of imidazole rings is 1. The number of fused-ring (bicyclic) bond motifs is 1. The standard InChI is InChI=1S/C18H21N7O4/c1-9(10-5-3-2-4-6-10)23-24-18-21-15(19)12-16(22-18)25(8-20-12)17-14(28)13(27)11(7-26)29-17/h2-6,8,11,13-14,17,26-28H,7H2,1H3,(H3,19,21,22,24)/t11-,13-,14-,17-/m1/s1. The number of nitrogen functional groups attached to an aromatic ring is 1. The molecule has 0 radical (unpaired) electrons. The molecule has 0 bridgehead atoms. The Bertz CT molecular complexity index is 1040. The van der Waals surface area contributed by atoms with Gasteiger partial charge in [0, 0.05) is 0 Å². The van der Waals surface area contributed by atoms with Crippen molar-refractivity contribution in [2.75, 3.05) is 17.8 Å². The van der Waals surface area contributed by atoms with Gasteiger partial charge in [0.15, 0.2) is 17.7 Å². The van der Waals surface area contributed by atoms with E-state index in [1.807, 2.05) is 37.3 Å². The molecule has 1 aliphatic heterocycles. The summed E-state index contributed by atoms with van der Waals surface area (Å²) in [7, 11) is 0. The van der Waals surface area contributed by atoms with E-state index in [9.17, 15) is 15.3 Å². The van der Waals surface area contributed by atoms with E-state index in [4.69, 9.17) is 10.5 Å². The molecule has 0 unspecified atom stereocenters. The van der Waals surface area contributed by atoms with Crippen LogP contribution in [0.1, 0.15) is 18.7 Å². The average Bonchev–Trinajstić information content (AvgIpc) is 3.28. The molecular formula is C18H21N7O4. The van der Waals surface area contributed by atoms with E-state index in [1.165, 1.54) is 10.9 Å². The molecule has 11 heteroatoms. The Morgan fingerprint density at radius 2 is 2.00 bits per heavy atom. The molecule has 3 aromatic rings. The maximum absolute atomic E-state index is 10.3. The number of nitrogens with one attached hydrogen (secondary N) is 1. The molecule has 0 amide bonds. The number of hydrazone groups is 1. The lowest BCUT2D eigenvalue weighted by Crippen LogP contribution is -2.33. The van der Waals surface area contributed by atoms with Crippen molar-refractivity contribution < 1.29 is 20.1 Å². The second kappa shape index (κ2) is 7.72. The number of hydrogen-bond acceptors (Lipinski definition) is 10. The summed E-state index contributed by atoms with van der Waals surface area (Å²) in [6.07, 6.45) is -3.02. The van der Waals surface area contributed by atoms with Gasteiger partial charge in [-0.3, -0.25) is 4.57 Å². The van der Waals surface area contributed by atoms with Gasteiger partial charge < -0.3 is 25.8 Å². The summed E-state index contributed by atoms with van der Waals surface area (Å²) in [5.74, 6) is 0.259. The normalized spacial score (nSPS) is 24.9. The number of ether oxygens (including phenoxy) is 1. The van der Waals surface area contributed by atoms with Gasteiger partial charge in [-0.15, -0.1) is 0 Å². The summed E-state index contributed by atoms with van der Waals surface area (Å²) < 4.78 is 6.99. The molecular weight excluding hydrogens is 378 g/mol. The molecule has 1 fully saturated rings.